The van der Waals surface area contributed by atoms with Crippen molar-refractivity contribution in [3.05, 3.63) is 66.2 Å². The Kier molecular flexibility index (Phi) is 4.15. The lowest BCUT2D eigenvalue weighted by atomic mass is 10.0. The quantitative estimate of drug-likeness (QED) is 0.753. The zero-order chi connectivity index (χ0) is 15.4. The van der Waals surface area contributed by atoms with Crippen LogP contribution < -0.4 is 14.8 Å². The zero-order valence-electron chi connectivity index (χ0n) is 12.8. The van der Waals surface area contributed by atoms with Gasteiger partial charge in [-0.05, 0) is 29.0 Å². The van der Waals surface area contributed by atoms with Crippen LogP contribution in [0, 0.1) is 0 Å². The largest absolute Gasteiger partial charge is 0.496 e. The molecule has 0 bridgehead atoms. The van der Waals surface area contributed by atoms with Crippen LogP contribution in [0.25, 0.3) is 10.8 Å². The minimum Gasteiger partial charge on any atom is -0.496 e. The molecule has 1 N–H and O–H groups in total. The maximum atomic E-state index is 5.53. The highest BCUT2D eigenvalue weighted by molar-refractivity contribution is 5.88. The molecule has 0 unspecified atom stereocenters. The Morgan fingerprint density at radius 3 is 2.32 bits per heavy atom. The first-order valence-electron chi connectivity index (χ1n) is 7.25. The fourth-order valence-electron chi connectivity index (χ4n) is 2.66. The summed E-state index contributed by atoms with van der Waals surface area (Å²) in [6.45, 7) is 0.672. The second-order valence-corrected chi connectivity index (χ2v) is 5.02. The van der Waals surface area contributed by atoms with E-state index in [2.05, 4.69) is 23.5 Å². The van der Waals surface area contributed by atoms with Gasteiger partial charge in [0, 0.05) is 12.1 Å². The van der Waals surface area contributed by atoms with E-state index < -0.39 is 0 Å². The number of anilines is 1. The van der Waals surface area contributed by atoms with Crippen molar-refractivity contribution in [3.8, 4) is 11.5 Å². The van der Waals surface area contributed by atoms with Crippen LogP contribution in [0.15, 0.2) is 60.7 Å². The Morgan fingerprint density at radius 1 is 0.773 bits per heavy atom. The normalized spacial score (nSPS) is 10.5. The Hall–Kier alpha value is -2.68. The average molecular weight is 293 g/mol. The molecule has 3 aromatic carbocycles. The first-order chi connectivity index (χ1) is 10.8. The molecule has 3 aromatic rings. The average Bonchev–Trinajstić information content (AvgIpc) is 2.59. The third kappa shape index (κ3) is 2.70. The maximum Gasteiger partial charge on any atom is 0.141 e. The molecule has 0 spiro atoms. The van der Waals surface area contributed by atoms with Gasteiger partial charge >= 0.3 is 0 Å². The van der Waals surface area contributed by atoms with E-state index in [0.717, 1.165) is 22.7 Å². The van der Waals surface area contributed by atoms with E-state index in [1.54, 1.807) is 14.2 Å². The summed E-state index contributed by atoms with van der Waals surface area (Å²) in [7, 11) is 3.38. The third-order valence-corrected chi connectivity index (χ3v) is 3.78. The lowest BCUT2D eigenvalue weighted by Gasteiger charge is -2.15. The second-order valence-electron chi connectivity index (χ2n) is 5.02. The number of hydrogen-bond donors (Lipinski definition) is 1. The van der Waals surface area contributed by atoms with E-state index in [0.29, 0.717) is 6.54 Å². The molecule has 0 saturated carbocycles. The zero-order valence-corrected chi connectivity index (χ0v) is 12.8. The van der Waals surface area contributed by atoms with Crippen molar-refractivity contribution >= 4 is 16.5 Å². The van der Waals surface area contributed by atoms with Crippen molar-refractivity contribution in [2.75, 3.05) is 19.5 Å². The summed E-state index contributed by atoms with van der Waals surface area (Å²) in [5.41, 5.74) is 2.12. The number of benzene rings is 3. The Morgan fingerprint density at radius 2 is 1.50 bits per heavy atom. The molecule has 112 valence electrons. The fourth-order valence-corrected chi connectivity index (χ4v) is 2.66. The number of methoxy groups -OCH3 is 2. The molecule has 22 heavy (non-hydrogen) atoms. The predicted molar refractivity (Wildman–Crippen MR) is 90.8 cm³/mol. The number of fused-ring (bicyclic) bond motifs is 1. The van der Waals surface area contributed by atoms with Crippen LogP contribution in [0.3, 0.4) is 0 Å². The summed E-state index contributed by atoms with van der Waals surface area (Å²) in [4.78, 5) is 0. The minimum absolute atomic E-state index is 0.672. The maximum absolute atomic E-state index is 5.53. The molecular formula is C19H19NO2. The summed E-state index contributed by atoms with van der Waals surface area (Å²) >= 11 is 0. The summed E-state index contributed by atoms with van der Waals surface area (Å²) in [5.74, 6) is 1.72. The lowest BCUT2D eigenvalue weighted by molar-refractivity contribution is 0.410. The Balaban J connectivity index is 1.96. The SMILES string of the molecule is COc1ccccc1NCc1c(OC)ccc2ccccc12. The van der Waals surface area contributed by atoms with Gasteiger partial charge < -0.3 is 14.8 Å². The molecule has 0 fully saturated rings. The van der Waals surface area contributed by atoms with Gasteiger partial charge in [0.25, 0.3) is 0 Å². The van der Waals surface area contributed by atoms with Gasteiger partial charge in [-0.2, -0.15) is 0 Å². The lowest BCUT2D eigenvalue weighted by Crippen LogP contribution is -2.04. The van der Waals surface area contributed by atoms with Crippen molar-refractivity contribution < 1.29 is 9.47 Å². The van der Waals surface area contributed by atoms with E-state index in [1.165, 1.54) is 10.8 Å². The van der Waals surface area contributed by atoms with E-state index in [9.17, 15) is 0 Å². The molecule has 0 amide bonds. The highest BCUT2D eigenvalue weighted by Crippen LogP contribution is 2.30. The molecule has 0 aromatic heterocycles. The molecule has 0 atom stereocenters. The van der Waals surface area contributed by atoms with E-state index in [4.69, 9.17) is 9.47 Å². The van der Waals surface area contributed by atoms with Crippen molar-refractivity contribution in [2.45, 2.75) is 6.54 Å². The van der Waals surface area contributed by atoms with E-state index in [-0.39, 0.29) is 0 Å². The van der Waals surface area contributed by atoms with E-state index in [1.807, 2.05) is 42.5 Å². The molecule has 0 saturated heterocycles. The first-order valence-corrected chi connectivity index (χ1v) is 7.25. The van der Waals surface area contributed by atoms with Crippen LogP contribution in [0.5, 0.6) is 11.5 Å². The summed E-state index contributed by atoms with van der Waals surface area (Å²) in [6.07, 6.45) is 0. The molecule has 0 heterocycles. The van der Waals surface area contributed by atoms with Gasteiger partial charge in [0.05, 0.1) is 19.9 Å². The van der Waals surface area contributed by atoms with Crippen molar-refractivity contribution in [1.29, 1.82) is 0 Å². The number of hydrogen-bond acceptors (Lipinski definition) is 3. The van der Waals surface area contributed by atoms with Crippen LogP contribution in [0.4, 0.5) is 5.69 Å². The molecular weight excluding hydrogens is 274 g/mol. The van der Waals surface area contributed by atoms with Gasteiger partial charge in [-0.1, -0.05) is 42.5 Å². The number of nitrogens with one attached hydrogen (secondary N) is 1. The highest BCUT2D eigenvalue weighted by Gasteiger charge is 2.09. The Bertz CT molecular complexity index is 783. The third-order valence-electron chi connectivity index (χ3n) is 3.78. The van der Waals surface area contributed by atoms with Crippen molar-refractivity contribution in [3.63, 3.8) is 0 Å². The summed E-state index contributed by atoms with van der Waals surface area (Å²) < 4.78 is 10.9. The highest BCUT2D eigenvalue weighted by atomic mass is 16.5. The van der Waals surface area contributed by atoms with Gasteiger partial charge in [-0.25, -0.2) is 0 Å². The number of rotatable bonds is 5. The molecule has 3 nitrogen and oxygen atoms in total. The van der Waals surface area contributed by atoms with Crippen LogP contribution in [0.2, 0.25) is 0 Å². The van der Waals surface area contributed by atoms with Crippen LogP contribution in [0.1, 0.15) is 5.56 Å². The molecule has 3 rings (SSSR count). The number of ether oxygens (including phenoxy) is 2. The molecule has 0 radical (unpaired) electrons. The van der Waals surface area contributed by atoms with Crippen LogP contribution in [-0.4, -0.2) is 14.2 Å². The Labute approximate surface area is 130 Å². The van der Waals surface area contributed by atoms with Gasteiger partial charge in [0.15, 0.2) is 0 Å². The van der Waals surface area contributed by atoms with Crippen LogP contribution >= 0.6 is 0 Å². The molecule has 0 aliphatic heterocycles. The molecule has 0 aliphatic carbocycles. The monoisotopic (exact) mass is 293 g/mol. The summed E-state index contributed by atoms with van der Waals surface area (Å²) in [5, 5.41) is 5.85. The van der Waals surface area contributed by atoms with Crippen molar-refractivity contribution in [1.82, 2.24) is 0 Å². The first kappa shape index (κ1) is 14.3. The van der Waals surface area contributed by atoms with E-state index >= 15 is 0 Å². The predicted octanol–water partition coefficient (Wildman–Crippen LogP) is 4.47. The summed E-state index contributed by atoms with van der Waals surface area (Å²) in [6, 6.07) is 20.3. The minimum atomic E-state index is 0.672. The van der Waals surface area contributed by atoms with Crippen LogP contribution in [-0.2, 0) is 6.54 Å². The van der Waals surface area contributed by atoms with Gasteiger partial charge in [-0.15, -0.1) is 0 Å². The molecule has 3 heteroatoms. The molecule has 0 aliphatic rings. The van der Waals surface area contributed by atoms with Gasteiger partial charge in [0.2, 0.25) is 0 Å². The topological polar surface area (TPSA) is 30.5 Å². The van der Waals surface area contributed by atoms with Crippen molar-refractivity contribution in [2.24, 2.45) is 0 Å². The van der Waals surface area contributed by atoms with Gasteiger partial charge in [0.1, 0.15) is 11.5 Å². The smallest absolute Gasteiger partial charge is 0.141 e. The number of para-hydroxylation sites is 2. The second kappa shape index (κ2) is 6.39. The van der Waals surface area contributed by atoms with Gasteiger partial charge in [-0.3, -0.25) is 0 Å². The fraction of sp³-hybridized carbons (Fsp3) is 0.158. The standard InChI is InChI=1S/C19H19NO2/c1-21-18-12-11-14-7-3-4-8-15(14)16(18)13-20-17-9-5-6-10-19(17)22-2/h3-12,20H,13H2,1-2H3.